The van der Waals surface area contributed by atoms with Crippen molar-refractivity contribution in [3.05, 3.63) is 54.1 Å². The third-order valence-electron chi connectivity index (χ3n) is 6.06. The summed E-state index contributed by atoms with van der Waals surface area (Å²) in [6.45, 7) is 4.26. The molecular formula is C23H28N2O4S. The Hall–Kier alpha value is -2.38. The molecule has 1 fully saturated rings. The molecule has 6 nitrogen and oxygen atoms in total. The van der Waals surface area contributed by atoms with Gasteiger partial charge in [-0.3, -0.25) is 4.79 Å². The minimum atomic E-state index is -3.56. The van der Waals surface area contributed by atoms with E-state index in [0.29, 0.717) is 18.7 Å². The fourth-order valence-corrected chi connectivity index (χ4v) is 6.33. The van der Waals surface area contributed by atoms with Crippen LogP contribution in [0.2, 0.25) is 0 Å². The molecule has 1 saturated heterocycles. The molecule has 7 heteroatoms. The van der Waals surface area contributed by atoms with Gasteiger partial charge in [-0.1, -0.05) is 24.6 Å². The first-order valence-electron chi connectivity index (χ1n) is 10.5. The second-order valence-corrected chi connectivity index (χ2v) is 10.1. The Morgan fingerprint density at radius 2 is 1.70 bits per heavy atom. The van der Waals surface area contributed by atoms with Crippen molar-refractivity contribution < 1.29 is 17.9 Å². The average Bonchev–Trinajstić information content (AvgIpc) is 2.73. The number of rotatable bonds is 4. The van der Waals surface area contributed by atoms with Crippen LogP contribution >= 0.6 is 0 Å². The number of hydrogen-bond acceptors (Lipinski definition) is 4. The van der Waals surface area contributed by atoms with E-state index in [9.17, 15) is 13.2 Å². The first-order valence-corrected chi connectivity index (χ1v) is 12.0. The lowest BCUT2D eigenvalue weighted by atomic mass is 9.96. The highest BCUT2D eigenvalue weighted by Crippen LogP contribution is 2.30. The zero-order valence-corrected chi connectivity index (χ0v) is 18.2. The summed E-state index contributed by atoms with van der Waals surface area (Å²) in [7, 11) is -3.56. The number of carbonyl (C=O) groups excluding carboxylic acids is 1. The number of amides is 1. The molecule has 30 heavy (non-hydrogen) atoms. The van der Waals surface area contributed by atoms with Crippen molar-refractivity contribution in [2.24, 2.45) is 5.92 Å². The molecule has 160 valence electrons. The van der Waals surface area contributed by atoms with Gasteiger partial charge in [-0.2, -0.15) is 4.31 Å². The summed E-state index contributed by atoms with van der Waals surface area (Å²) in [5.41, 5.74) is 1.60. The van der Waals surface area contributed by atoms with E-state index in [1.165, 1.54) is 0 Å². The van der Waals surface area contributed by atoms with Crippen LogP contribution in [0.25, 0.3) is 0 Å². The number of nitrogens with zero attached hydrogens (tertiary/aromatic N) is 1. The van der Waals surface area contributed by atoms with Crippen LogP contribution in [0, 0.1) is 5.92 Å². The summed E-state index contributed by atoms with van der Waals surface area (Å²) in [6, 6.07) is 14.2. The number of ether oxygens (including phenoxy) is 1. The van der Waals surface area contributed by atoms with Crippen molar-refractivity contribution in [1.82, 2.24) is 4.31 Å². The van der Waals surface area contributed by atoms with Crippen molar-refractivity contribution >= 4 is 21.6 Å². The number of hydrogen-bond donors (Lipinski definition) is 1. The van der Waals surface area contributed by atoms with Crippen LogP contribution in [0.5, 0.6) is 5.75 Å². The van der Waals surface area contributed by atoms with Crippen LogP contribution in [0.1, 0.15) is 38.7 Å². The van der Waals surface area contributed by atoms with Gasteiger partial charge in [0.1, 0.15) is 12.4 Å². The molecule has 3 atom stereocenters. The first kappa shape index (κ1) is 20.9. The number of carbonyl (C=O) groups is 1. The van der Waals surface area contributed by atoms with Crippen molar-refractivity contribution in [2.75, 3.05) is 11.9 Å². The van der Waals surface area contributed by atoms with Gasteiger partial charge in [0.2, 0.25) is 15.9 Å². The minimum Gasteiger partial charge on any atom is -0.492 e. The van der Waals surface area contributed by atoms with Gasteiger partial charge < -0.3 is 10.1 Å². The molecule has 0 aliphatic carbocycles. The molecule has 2 aliphatic heterocycles. The van der Waals surface area contributed by atoms with E-state index in [1.807, 2.05) is 38.1 Å². The molecule has 4 rings (SSSR count). The van der Waals surface area contributed by atoms with Crippen molar-refractivity contribution in [3.8, 4) is 5.75 Å². The molecule has 0 spiro atoms. The SMILES string of the molecule is C[C@@H]1CCC[C@@H](C)N1S(=O)(=O)c1ccc(NC(=O)[C@@H]2COc3ccccc3C2)cc1. The monoisotopic (exact) mass is 428 g/mol. The third kappa shape index (κ3) is 4.09. The number of piperidine rings is 1. The standard InChI is InChI=1S/C23H28N2O4S/c1-16-6-5-7-17(2)25(16)30(27,28)21-12-10-20(11-13-21)24-23(26)19-14-18-8-3-4-9-22(18)29-15-19/h3-4,8-13,16-17,19H,5-7,14-15H2,1-2H3,(H,24,26)/t16-,17-,19+/m1/s1. The summed E-state index contributed by atoms with van der Waals surface area (Å²) < 4.78 is 33.6. The van der Waals surface area contributed by atoms with Crippen molar-refractivity contribution in [3.63, 3.8) is 0 Å². The van der Waals surface area contributed by atoms with Gasteiger partial charge in [0.25, 0.3) is 0 Å². The van der Waals surface area contributed by atoms with E-state index in [4.69, 9.17) is 4.74 Å². The van der Waals surface area contributed by atoms with Crippen molar-refractivity contribution in [1.29, 1.82) is 0 Å². The summed E-state index contributed by atoms with van der Waals surface area (Å²) in [5, 5.41) is 2.89. The molecule has 0 aromatic heterocycles. The Labute approximate surface area is 178 Å². The Balaban J connectivity index is 1.44. The average molecular weight is 429 g/mol. The molecule has 1 amide bonds. The van der Waals surface area contributed by atoms with Crippen LogP contribution in [0.3, 0.4) is 0 Å². The number of fused-ring (bicyclic) bond motifs is 1. The van der Waals surface area contributed by atoms with E-state index < -0.39 is 10.0 Å². The maximum absolute atomic E-state index is 13.1. The summed E-state index contributed by atoms with van der Waals surface area (Å²) in [6.07, 6.45) is 3.43. The van der Waals surface area contributed by atoms with Gasteiger partial charge in [0, 0.05) is 17.8 Å². The van der Waals surface area contributed by atoms with E-state index in [2.05, 4.69) is 5.32 Å². The highest BCUT2D eigenvalue weighted by Gasteiger charge is 2.35. The Bertz CT molecular complexity index is 1010. The molecule has 1 N–H and O–H groups in total. The lowest BCUT2D eigenvalue weighted by Crippen LogP contribution is -2.47. The highest BCUT2D eigenvalue weighted by atomic mass is 32.2. The molecule has 2 aromatic carbocycles. The molecule has 2 aliphatic rings. The Morgan fingerprint density at radius 1 is 1.03 bits per heavy atom. The smallest absolute Gasteiger partial charge is 0.243 e. The lowest BCUT2D eigenvalue weighted by molar-refractivity contribution is -0.121. The first-order chi connectivity index (χ1) is 14.4. The lowest BCUT2D eigenvalue weighted by Gasteiger charge is -2.37. The fourth-order valence-electron chi connectivity index (χ4n) is 4.44. The Kier molecular flexibility index (Phi) is 5.84. The van der Waals surface area contributed by atoms with Crippen LogP contribution in [-0.4, -0.2) is 37.3 Å². The summed E-state index contributed by atoms with van der Waals surface area (Å²) >= 11 is 0. The number of anilines is 1. The van der Waals surface area contributed by atoms with Crippen LogP contribution in [0.15, 0.2) is 53.4 Å². The number of sulfonamides is 1. The van der Waals surface area contributed by atoms with Crippen LogP contribution in [-0.2, 0) is 21.2 Å². The third-order valence-corrected chi connectivity index (χ3v) is 8.20. The zero-order chi connectivity index (χ0) is 21.3. The molecule has 0 unspecified atom stereocenters. The molecule has 2 aromatic rings. The summed E-state index contributed by atoms with van der Waals surface area (Å²) in [5.74, 6) is 0.425. The minimum absolute atomic E-state index is 0.00712. The van der Waals surface area contributed by atoms with Gasteiger partial charge in [-0.05, 0) is 69.0 Å². The van der Waals surface area contributed by atoms with Gasteiger partial charge in [-0.25, -0.2) is 8.42 Å². The quantitative estimate of drug-likeness (QED) is 0.803. The van der Waals surface area contributed by atoms with E-state index in [0.717, 1.165) is 30.6 Å². The topological polar surface area (TPSA) is 75.7 Å². The van der Waals surface area contributed by atoms with Crippen molar-refractivity contribution in [2.45, 2.75) is 56.5 Å². The predicted octanol–water partition coefficient (Wildman–Crippen LogP) is 3.83. The van der Waals surface area contributed by atoms with Crippen LogP contribution < -0.4 is 10.1 Å². The Morgan fingerprint density at radius 3 is 2.40 bits per heavy atom. The molecular weight excluding hydrogens is 400 g/mol. The van der Waals surface area contributed by atoms with Gasteiger partial charge in [0.05, 0.1) is 10.8 Å². The number of nitrogens with one attached hydrogen (secondary N) is 1. The molecule has 0 radical (unpaired) electrons. The largest absolute Gasteiger partial charge is 0.492 e. The van der Waals surface area contributed by atoms with E-state index >= 15 is 0 Å². The highest BCUT2D eigenvalue weighted by molar-refractivity contribution is 7.89. The van der Waals surface area contributed by atoms with Gasteiger partial charge in [-0.15, -0.1) is 0 Å². The normalized spacial score (nSPS) is 24.5. The van der Waals surface area contributed by atoms with Crippen LogP contribution in [0.4, 0.5) is 5.69 Å². The summed E-state index contributed by atoms with van der Waals surface area (Å²) in [4.78, 5) is 12.9. The van der Waals surface area contributed by atoms with Gasteiger partial charge in [0.15, 0.2) is 0 Å². The maximum Gasteiger partial charge on any atom is 0.243 e. The fraction of sp³-hybridized carbons (Fsp3) is 0.435. The molecule has 2 heterocycles. The molecule has 0 saturated carbocycles. The second-order valence-electron chi connectivity index (χ2n) is 8.30. The number of benzene rings is 2. The number of para-hydroxylation sites is 1. The predicted molar refractivity (Wildman–Crippen MR) is 116 cm³/mol. The second kappa shape index (κ2) is 8.40. The zero-order valence-electron chi connectivity index (χ0n) is 17.4. The van der Waals surface area contributed by atoms with E-state index in [1.54, 1.807) is 28.6 Å². The maximum atomic E-state index is 13.1. The van der Waals surface area contributed by atoms with Gasteiger partial charge >= 0.3 is 0 Å². The molecule has 0 bridgehead atoms. The van der Waals surface area contributed by atoms with E-state index in [-0.39, 0.29) is 28.8 Å².